The van der Waals surface area contributed by atoms with Gasteiger partial charge in [0.2, 0.25) is 0 Å². The fraction of sp³-hybridized carbons (Fsp3) is 0.0294. The largest absolute Gasteiger partial charge is 0.488 e. The first-order chi connectivity index (χ1) is 20.1. The summed E-state index contributed by atoms with van der Waals surface area (Å²) in [7, 11) is 0. The van der Waals surface area contributed by atoms with Gasteiger partial charge in [0, 0.05) is 5.56 Å². The highest BCUT2D eigenvalue weighted by Crippen LogP contribution is 2.33. The van der Waals surface area contributed by atoms with Gasteiger partial charge in [-0.1, -0.05) is 78.9 Å². The third-order valence-electron chi connectivity index (χ3n) is 6.63. The molecule has 1 aliphatic heterocycles. The Balaban J connectivity index is 1.34. The molecule has 1 N–H and O–H groups in total. The standard InChI is InChI=1S/C34H24N2O5/c37-32-30(21-29-28-14-8-7-11-24(28)15-20-31(29)40-22-23-9-3-1-4-10-23)33(38)36(34(39)35-32)25-16-18-27(19-17-25)41-26-12-5-2-6-13-26/h1-21H,22H2,(H,35,37,39). The number of nitrogens with zero attached hydrogens (tertiary/aromatic N) is 1. The van der Waals surface area contributed by atoms with Crippen LogP contribution in [0.25, 0.3) is 16.8 Å². The summed E-state index contributed by atoms with van der Waals surface area (Å²) in [5.74, 6) is 0.182. The molecule has 0 atom stereocenters. The minimum absolute atomic E-state index is 0.185. The maximum absolute atomic E-state index is 13.7. The minimum Gasteiger partial charge on any atom is -0.488 e. The van der Waals surface area contributed by atoms with Crippen LogP contribution >= 0.6 is 0 Å². The highest BCUT2D eigenvalue weighted by atomic mass is 16.5. The number of carbonyl (C=O) groups excluding carboxylic acids is 3. The first-order valence-corrected chi connectivity index (χ1v) is 13.0. The molecule has 6 rings (SSSR count). The van der Waals surface area contributed by atoms with Crippen molar-refractivity contribution in [2.24, 2.45) is 0 Å². The lowest BCUT2D eigenvalue weighted by Crippen LogP contribution is -2.54. The van der Waals surface area contributed by atoms with Gasteiger partial charge in [0.15, 0.2) is 0 Å². The monoisotopic (exact) mass is 540 g/mol. The Morgan fingerprint density at radius 1 is 0.683 bits per heavy atom. The zero-order valence-electron chi connectivity index (χ0n) is 21.8. The van der Waals surface area contributed by atoms with Crippen molar-refractivity contribution in [2.45, 2.75) is 6.61 Å². The maximum atomic E-state index is 13.7. The molecule has 200 valence electrons. The van der Waals surface area contributed by atoms with Gasteiger partial charge >= 0.3 is 6.03 Å². The number of ether oxygens (including phenoxy) is 2. The molecule has 1 heterocycles. The van der Waals surface area contributed by atoms with E-state index < -0.39 is 17.8 Å². The van der Waals surface area contributed by atoms with E-state index in [1.54, 1.807) is 24.3 Å². The van der Waals surface area contributed by atoms with Crippen molar-refractivity contribution in [3.8, 4) is 17.2 Å². The van der Waals surface area contributed by atoms with Crippen molar-refractivity contribution in [2.75, 3.05) is 4.90 Å². The second-order valence-electron chi connectivity index (χ2n) is 9.34. The molecule has 0 saturated carbocycles. The van der Waals surface area contributed by atoms with E-state index in [1.807, 2.05) is 97.1 Å². The van der Waals surface area contributed by atoms with E-state index in [-0.39, 0.29) is 5.57 Å². The van der Waals surface area contributed by atoms with Gasteiger partial charge in [-0.25, -0.2) is 9.69 Å². The molecule has 0 spiro atoms. The van der Waals surface area contributed by atoms with Gasteiger partial charge < -0.3 is 9.47 Å². The number of benzene rings is 5. The van der Waals surface area contributed by atoms with E-state index in [0.29, 0.717) is 35.1 Å². The lowest BCUT2D eigenvalue weighted by molar-refractivity contribution is -0.122. The molecule has 7 nitrogen and oxygen atoms in total. The van der Waals surface area contributed by atoms with Crippen LogP contribution in [0.1, 0.15) is 11.1 Å². The van der Waals surface area contributed by atoms with Crippen molar-refractivity contribution >= 4 is 40.4 Å². The number of rotatable bonds is 7. The number of amides is 4. The molecule has 5 aromatic rings. The van der Waals surface area contributed by atoms with Gasteiger partial charge in [-0.05, 0) is 64.9 Å². The lowest BCUT2D eigenvalue weighted by atomic mass is 9.99. The number of hydrogen-bond acceptors (Lipinski definition) is 5. The first kappa shape index (κ1) is 25.6. The molecule has 0 unspecified atom stereocenters. The van der Waals surface area contributed by atoms with Gasteiger partial charge in [-0.3, -0.25) is 14.9 Å². The predicted molar refractivity (Wildman–Crippen MR) is 157 cm³/mol. The number of barbiturate groups is 1. The van der Waals surface area contributed by atoms with Crippen molar-refractivity contribution < 1.29 is 23.9 Å². The molecule has 0 aliphatic carbocycles. The molecule has 1 aliphatic rings. The summed E-state index contributed by atoms with van der Waals surface area (Å²) >= 11 is 0. The van der Waals surface area contributed by atoms with Crippen LogP contribution in [0.15, 0.2) is 127 Å². The van der Waals surface area contributed by atoms with Crippen LogP contribution in [0.5, 0.6) is 17.2 Å². The zero-order valence-corrected chi connectivity index (χ0v) is 21.8. The third kappa shape index (κ3) is 5.42. The Morgan fingerprint density at radius 2 is 1.34 bits per heavy atom. The highest BCUT2D eigenvalue weighted by Gasteiger charge is 2.37. The van der Waals surface area contributed by atoms with Crippen molar-refractivity contribution in [1.82, 2.24) is 5.32 Å². The summed E-state index contributed by atoms with van der Waals surface area (Å²) in [5, 5.41) is 4.01. The Hall–Kier alpha value is -5.69. The molecule has 7 heteroatoms. The molecule has 1 saturated heterocycles. The Morgan fingerprint density at radius 3 is 2.10 bits per heavy atom. The summed E-state index contributed by atoms with van der Waals surface area (Å²) in [6, 6.07) is 36.0. The molecule has 41 heavy (non-hydrogen) atoms. The van der Waals surface area contributed by atoms with Crippen LogP contribution in [-0.2, 0) is 16.2 Å². The summed E-state index contributed by atoms with van der Waals surface area (Å²) in [5.41, 5.74) is 1.65. The minimum atomic E-state index is -0.827. The second-order valence-corrected chi connectivity index (χ2v) is 9.34. The number of hydrogen-bond donors (Lipinski definition) is 1. The summed E-state index contributed by atoms with van der Waals surface area (Å²) in [4.78, 5) is 40.4. The molecule has 0 radical (unpaired) electrons. The van der Waals surface area contributed by atoms with E-state index in [2.05, 4.69) is 5.32 Å². The zero-order chi connectivity index (χ0) is 28.2. The lowest BCUT2D eigenvalue weighted by Gasteiger charge is -2.26. The van der Waals surface area contributed by atoms with Crippen molar-refractivity contribution in [1.29, 1.82) is 0 Å². The van der Waals surface area contributed by atoms with E-state index in [4.69, 9.17) is 9.47 Å². The van der Waals surface area contributed by atoms with Crippen LogP contribution in [0.3, 0.4) is 0 Å². The SMILES string of the molecule is O=C1NC(=O)N(c2ccc(Oc3ccccc3)cc2)C(=O)C1=Cc1c(OCc2ccccc2)ccc2ccccc12. The average Bonchev–Trinajstić information content (AvgIpc) is 3.00. The summed E-state index contributed by atoms with van der Waals surface area (Å²) in [6.07, 6.45) is 1.49. The number of urea groups is 1. The molecular formula is C34H24N2O5. The van der Waals surface area contributed by atoms with Gasteiger partial charge in [-0.2, -0.15) is 0 Å². The van der Waals surface area contributed by atoms with Gasteiger partial charge in [0.25, 0.3) is 11.8 Å². The number of imide groups is 2. The number of fused-ring (bicyclic) bond motifs is 1. The summed E-state index contributed by atoms with van der Waals surface area (Å²) in [6.45, 7) is 0.303. The average molecular weight is 541 g/mol. The predicted octanol–water partition coefficient (Wildman–Crippen LogP) is 6.88. The topological polar surface area (TPSA) is 84.9 Å². The molecule has 0 bridgehead atoms. The van der Waals surface area contributed by atoms with Crippen molar-refractivity contribution in [3.05, 3.63) is 138 Å². The van der Waals surface area contributed by atoms with E-state index in [0.717, 1.165) is 21.2 Å². The Bertz CT molecular complexity index is 1780. The number of carbonyl (C=O) groups is 3. The molecule has 5 aromatic carbocycles. The van der Waals surface area contributed by atoms with Crippen LogP contribution < -0.4 is 19.7 Å². The molecule has 1 fully saturated rings. The van der Waals surface area contributed by atoms with E-state index in [9.17, 15) is 14.4 Å². The van der Waals surface area contributed by atoms with Crippen LogP contribution in [0, 0.1) is 0 Å². The molecule has 0 aromatic heterocycles. The fourth-order valence-electron chi connectivity index (χ4n) is 4.61. The third-order valence-corrected chi connectivity index (χ3v) is 6.63. The fourth-order valence-corrected chi connectivity index (χ4v) is 4.61. The van der Waals surface area contributed by atoms with Crippen molar-refractivity contribution in [3.63, 3.8) is 0 Å². The highest BCUT2D eigenvalue weighted by molar-refractivity contribution is 6.39. The van der Waals surface area contributed by atoms with Gasteiger partial charge in [0.05, 0.1) is 5.69 Å². The van der Waals surface area contributed by atoms with Gasteiger partial charge in [0.1, 0.15) is 29.4 Å². The van der Waals surface area contributed by atoms with E-state index in [1.165, 1.54) is 6.08 Å². The second kappa shape index (κ2) is 11.2. The molecular weight excluding hydrogens is 516 g/mol. The quantitative estimate of drug-likeness (QED) is 0.180. The summed E-state index contributed by atoms with van der Waals surface area (Å²) < 4.78 is 12.0. The number of nitrogens with one attached hydrogen (secondary N) is 1. The molecule has 4 amide bonds. The van der Waals surface area contributed by atoms with Crippen LogP contribution in [-0.4, -0.2) is 17.8 Å². The van der Waals surface area contributed by atoms with Crippen LogP contribution in [0.2, 0.25) is 0 Å². The number of para-hydroxylation sites is 1. The van der Waals surface area contributed by atoms with Crippen LogP contribution in [0.4, 0.5) is 10.5 Å². The van der Waals surface area contributed by atoms with E-state index >= 15 is 0 Å². The smallest absolute Gasteiger partial charge is 0.335 e. The number of anilines is 1. The Kier molecular flexibility index (Phi) is 6.99. The maximum Gasteiger partial charge on any atom is 0.335 e. The first-order valence-electron chi connectivity index (χ1n) is 13.0. The van der Waals surface area contributed by atoms with Gasteiger partial charge in [-0.15, -0.1) is 0 Å². The normalized spacial score (nSPS) is 14.3. The Labute approximate surface area is 236 Å².